The Labute approximate surface area is 250 Å². The number of urea groups is 1. The monoisotopic (exact) mass is 602 g/mol. The zero-order valence-electron chi connectivity index (χ0n) is 25.4. The fourth-order valence-corrected chi connectivity index (χ4v) is 5.88. The van der Waals surface area contributed by atoms with Gasteiger partial charge in [0.15, 0.2) is 0 Å². The van der Waals surface area contributed by atoms with Gasteiger partial charge in [0, 0.05) is 19.2 Å². The molecule has 1 saturated carbocycles. The Morgan fingerprint density at radius 1 is 0.930 bits per heavy atom. The number of alkyl halides is 3. The first-order chi connectivity index (χ1) is 20.1. The molecule has 11 heteroatoms. The quantitative estimate of drug-likeness (QED) is 0.350. The molecule has 1 spiro atoms. The number of anilines is 1. The van der Waals surface area contributed by atoms with Crippen LogP contribution in [0, 0.1) is 0 Å². The predicted molar refractivity (Wildman–Crippen MR) is 158 cm³/mol. The first kappa shape index (κ1) is 33.6. The molecule has 5 amide bonds. The van der Waals surface area contributed by atoms with Crippen LogP contribution in [0.15, 0.2) is 42.5 Å². The van der Waals surface area contributed by atoms with Gasteiger partial charge in [-0.05, 0) is 47.4 Å². The Kier molecular flexibility index (Phi) is 10.6. The lowest BCUT2D eigenvalue weighted by molar-refractivity contribution is -0.139. The van der Waals surface area contributed by atoms with Crippen molar-refractivity contribution in [3.05, 3.63) is 64.7 Å². The highest BCUT2D eigenvalue weighted by molar-refractivity contribution is 6.10. The van der Waals surface area contributed by atoms with Gasteiger partial charge in [-0.15, -0.1) is 0 Å². The number of carbonyl (C=O) groups excluding carboxylic acids is 4. The van der Waals surface area contributed by atoms with Gasteiger partial charge in [-0.25, -0.2) is 4.79 Å². The second-order valence-electron chi connectivity index (χ2n) is 11.8. The van der Waals surface area contributed by atoms with Crippen molar-refractivity contribution in [1.29, 1.82) is 0 Å². The molecule has 3 N–H and O–H groups in total. The molecule has 43 heavy (non-hydrogen) atoms. The number of nitrogens with two attached hydrogens (primary N) is 1. The minimum absolute atomic E-state index is 0.0742. The maximum Gasteiger partial charge on any atom is 0.416 e. The number of hydrogen-bond acceptors (Lipinski definition) is 4. The molecule has 2 aromatic carbocycles. The van der Waals surface area contributed by atoms with Crippen LogP contribution in [0.4, 0.5) is 23.7 Å². The molecule has 1 saturated heterocycles. The normalized spacial score (nSPS) is 16.5. The van der Waals surface area contributed by atoms with Crippen molar-refractivity contribution in [3.8, 4) is 0 Å². The van der Waals surface area contributed by atoms with E-state index in [0.717, 1.165) is 28.5 Å². The van der Waals surface area contributed by atoms with Crippen LogP contribution in [0.1, 0.15) is 101 Å². The minimum Gasteiger partial charge on any atom is -0.370 e. The van der Waals surface area contributed by atoms with Crippen molar-refractivity contribution in [2.24, 2.45) is 5.73 Å². The number of halogens is 3. The number of nitrogens with zero attached hydrogens (tertiary/aromatic N) is 2. The van der Waals surface area contributed by atoms with Crippen molar-refractivity contribution < 1.29 is 32.3 Å². The molecule has 234 valence electrons. The lowest BCUT2D eigenvalue weighted by Gasteiger charge is -2.38. The summed E-state index contributed by atoms with van der Waals surface area (Å²) in [7, 11) is 0. The molecule has 0 unspecified atom stereocenters. The molecule has 0 aromatic heterocycles. The number of amides is 5. The summed E-state index contributed by atoms with van der Waals surface area (Å²) in [5, 5.41) is 2.94. The lowest BCUT2D eigenvalue weighted by atomic mass is 9.80. The SMILES string of the molecule is CC(C)c1cccc(C(C)C)c1NC(=O)CN1C(=O)N(Cc2ccccc2C(F)(F)F)C2(CCCCC2)C1=O.CC(N)=O. The largest absolute Gasteiger partial charge is 0.416 e. The Morgan fingerprint density at radius 2 is 1.47 bits per heavy atom. The van der Waals surface area contributed by atoms with Gasteiger partial charge < -0.3 is 16.0 Å². The minimum atomic E-state index is -4.60. The number of rotatable bonds is 7. The van der Waals surface area contributed by atoms with Gasteiger partial charge in [0.1, 0.15) is 12.1 Å². The second-order valence-corrected chi connectivity index (χ2v) is 11.8. The van der Waals surface area contributed by atoms with Crippen LogP contribution in [-0.4, -0.2) is 45.6 Å². The maximum atomic E-state index is 13.8. The number of benzene rings is 2. The van der Waals surface area contributed by atoms with E-state index in [1.807, 2.05) is 45.9 Å². The molecule has 1 aliphatic carbocycles. The van der Waals surface area contributed by atoms with E-state index in [2.05, 4.69) is 11.1 Å². The van der Waals surface area contributed by atoms with E-state index < -0.39 is 41.7 Å². The molecule has 1 aliphatic heterocycles. The summed E-state index contributed by atoms with van der Waals surface area (Å²) in [6.07, 6.45) is -1.65. The molecule has 0 radical (unpaired) electrons. The van der Waals surface area contributed by atoms with Crippen LogP contribution in [-0.2, 0) is 27.1 Å². The van der Waals surface area contributed by atoms with Crippen LogP contribution < -0.4 is 11.1 Å². The number of para-hydroxylation sites is 1. The maximum absolute atomic E-state index is 13.8. The Hall–Kier alpha value is -3.89. The van der Waals surface area contributed by atoms with E-state index in [0.29, 0.717) is 31.4 Å². The third kappa shape index (κ3) is 7.55. The molecule has 2 aliphatic rings. The van der Waals surface area contributed by atoms with Crippen molar-refractivity contribution in [3.63, 3.8) is 0 Å². The summed E-state index contributed by atoms with van der Waals surface area (Å²) < 4.78 is 41.2. The third-order valence-electron chi connectivity index (χ3n) is 7.89. The van der Waals surface area contributed by atoms with Gasteiger partial charge >= 0.3 is 12.2 Å². The van der Waals surface area contributed by atoms with Gasteiger partial charge in [0.2, 0.25) is 11.8 Å². The van der Waals surface area contributed by atoms with E-state index in [1.54, 1.807) is 0 Å². The molecular formula is C32H41F3N4O4. The van der Waals surface area contributed by atoms with E-state index in [1.165, 1.54) is 30.0 Å². The highest BCUT2D eigenvalue weighted by atomic mass is 19.4. The topological polar surface area (TPSA) is 113 Å². The number of imide groups is 1. The average molecular weight is 603 g/mol. The Bertz CT molecular complexity index is 1320. The van der Waals surface area contributed by atoms with E-state index >= 15 is 0 Å². The summed E-state index contributed by atoms with van der Waals surface area (Å²) >= 11 is 0. The van der Waals surface area contributed by atoms with Crippen LogP contribution in [0.2, 0.25) is 0 Å². The Morgan fingerprint density at radius 3 is 1.98 bits per heavy atom. The van der Waals surface area contributed by atoms with Crippen LogP contribution in [0.5, 0.6) is 0 Å². The van der Waals surface area contributed by atoms with Crippen molar-refractivity contribution in [1.82, 2.24) is 9.80 Å². The number of carbonyl (C=O) groups is 4. The van der Waals surface area contributed by atoms with Crippen molar-refractivity contribution >= 4 is 29.4 Å². The zero-order valence-corrected chi connectivity index (χ0v) is 25.4. The Balaban J connectivity index is 0.00000119. The molecule has 4 rings (SSSR count). The summed E-state index contributed by atoms with van der Waals surface area (Å²) in [4.78, 5) is 52.2. The van der Waals surface area contributed by atoms with Crippen molar-refractivity contribution in [2.75, 3.05) is 11.9 Å². The molecule has 0 bridgehead atoms. The third-order valence-corrected chi connectivity index (χ3v) is 7.89. The van der Waals surface area contributed by atoms with E-state index in [4.69, 9.17) is 0 Å². The van der Waals surface area contributed by atoms with Crippen molar-refractivity contribution in [2.45, 2.75) is 96.8 Å². The fourth-order valence-electron chi connectivity index (χ4n) is 5.88. The fraction of sp³-hybridized carbons (Fsp3) is 0.500. The van der Waals surface area contributed by atoms with Gasteiger partial charge in [-0.3, -0.25) is 19.3 Å². The van der Waals surface area contributed by atoms with E-state index in [9.17, 15) is 32.3 Å². The molecule has 0 atom stereocenters. The number of nitrogens with one attached hydrogen (secondary N) is 1. The smallest absolute Gasteiger partial charge is 0.370 e. The first-order valence-electron chi connectivity index (χ1n) is 14.6. The van der Waals surface area contributed by atoms with Gasteiger partial charge in [0.05, 0.1) is 5.56 Å². The highest BCUT2D eigenvalue weighted by Crippen LogP contribution is 2.43. The van der Waals surface area contributed by atoms with Crippen LogP contribution in [0.3, 0.4) is 0 Å². The van der Waals surface area contributed by atoms with Gasteiger partial charge in [0.25, 0.3) is 5.91 Å². The second kappa shape index (κ2) is 13.6. The molecule has 1 heterocycles. The molecule has 2 aromatic rings. The summed E-state index contributed by atoms with van der Waals surface area (Å²) in [6.45, 7) is 8.53. The molecular weight excluding hydrogens is 561 g/mol. The van der Waals surface area contributed by atoms with Gasteiger partial charge in [-0.1, -0.05) is 83.4 Å². The lowest BCUT2D eigenvalue weighted by Crippen LogP contribution is -2.50. The van der Waals surface area contributed by atoms with E-state index in [-0.39, 0.29) is 29.9 Å². The zero-order chi connectivity index (χ0) is 32.1. The molecule has 8 nitrogen and oxygen atoms in total. The number of hydrogen-bond donors (Lipinski definition) is 2. The first-order valence-corrected chi connectivity index (χ1v) is 14.6. The van der Waals surface area contributed by atoms with Gasteiger partial charge in [-0.2, -0.15) is 13.2 Å². The average Bonchev–Trinajstić information content (AvgIpc) is 3.09. The summed E-state index contributed by atoms with van der Waals surface area (Å²) in [5.41, 5.74) is 4.89. The standard InChI is InChI=1S/C30H36F3N3O3.C2H5NO/c1-19(2)22-12-10-13-23(20(3)4)26(22)34-25(37)18-35-27(38)29(15-8-5-9-16-29)36(28(35)39)17-21-11-6-7-14-24(21)30(31,32)33;1-2(3)4/h6-7,10-14,19-20H,5,8-9,15-18H2,1-4H3,(H,34,37);1H3,(H2,3,4). The van der Waals surface area contributed by atoms with Crippen LogP contribution in [0.25, 0.3) is 0 Å². The summed E-state index contributed by atoms with van der Waals surface area (Å²) in [5.74, 6) is -1.10. The predicted octanol–water partition coefficient (Wildman–Crippen LogP) is 6.55. The summed E-state index contributed by atoms with van der Waals surface area (Å²) in [6, 6.07) is 10.2. The molecule has 2 fully saturated rings. The van der Waals surface area contributed by atoms with Crippen LogP contribution >= 0.6 is 0 Å². The number of primary amides is 1. The highest BCUT2D eigenvalue weighted by Gasteiger charge is 2.57.